The van der Waals surface area contributed by atoms with Gasteiger partial charge in [-0.15, -0.1) is 0 Å². The van der Waals surface area contributed by atoms with E-state index in [9.17, 15) is 9.90 Å². The molecule has 10 heteroatoms. The van der Waals surface area contributed by atoms with Crippen LogP contribution in [0.4, 0.5) is 5.69 Å². The Hall–Kier alpha value is -4.31. The predicted molar refractivity (Wildman–Crippen MR) is 132 cm³/mol. The van der Waals surface area contributed by atoms with E-state index in [1.54, 1.807) is 43.5 Å². The van der Waals surface area contributed by atoms with Crippen molar-refractivity contribution in [1.82, 2.24) is 10.3 Å². The molecular formula is C26H22N4O5S. The number of ether oxygens (including phenoxy) is 1. The maximum absolute atomic E-state index is 13.0. The van der Waals surface area contributed by atoms with E-state index in [0.29, 0.717) is 35.0 Å². The fraction of sp³-hybridized carbons (Fsp3) is 0.154. The van der Waals surface area contributed by atoms with Crippen LogP contribution in [0.1, 0.15) is 13.3 Å². The van der Waals surface area contributed by atoms with Crippen molar-refractivity contribution in [2.45, 2.75) is 23.6 Å². The summed E-state index contributed by atoms with van der Waals surface area (Å²) in [5.74, 6) is 0.339. The van der Waals surface area contributed by atoms with Gasteiger partial charge in [-0.2, -0.15) is 0 Å². The third kappa shape index (κ3) is 4.76. The van der Waals surface area contributed by atoms with Gasteiger partial charge < -0.3 is 24.1 Å². The Bertz CT molecular complexity index is 1460. The number of amides is 1. The first-order valence-corrected chi connectivity index (χ1v) is 12.1. The molecule has 5 aromatic rings. The van der Waals surface area contributed by atoms with Gasteiger partial charge in [-0.25, -0.2) is 4.98 Å². The van der Waals surface area contributed by atoms with E-state index in [2.05, 4.69) is 15.6 Å². The molecule has 0 aliphatic heterocycles. The van der Waals surface area contributed by atoms with E-state index in [1.807, 2.05) is 43.3 Å². The summed E-state index contributed by atoms with van der Waals surface area (Å²) in [6.45, 7) is 1.88. The van der Waals surface area contributed by atoms with Crippen LogP contribution in [-0.2, 0) is 4.79 Å². The number of thioether (sulfide) groups is 1. The average Bonchev–Trinajstić information content (AvgIpc) is 3.51. The summed E-state index contributed by atoms with van der Waals surface area (Å²) in [4.78, 5) is 17.5. The number of rotatable bonds is 8. The van der Waals surface area contributed by atoms with Crippen molar-refractivity contribution in [1.29, 1.82) is 0 Å². The number of fused-ring (bicyclic) bond motifs is 1. The lowest BCUT2D eigenvalue weighted by molar-refractivity contribution is -0.705. The van der Waals surface area contributed by atoms with E-state index >= 15 is 0 Å². The highest BCUT2D eigenvalue weighted by Crippen LogP contribution is 2.31. The minimum Gasteiger partial charge on any atom is -0.538 e. The molecule has 1 unspecified atom stereocenters. The van der Waals surface area contributed by atoms with Gasteiger partial charge in [-0.1, -0.05) is 19.1 Å². The minimum atomic E-state index is -0.607. The zero-order valence-electron chi connectivity index (χ0n) is 19.5. The van der Waals surface area contributed by atoms with Crippen LogP contribution in [0.15, 0.2) is 86.8 Å². The molecule has 2 aromatic heterocycles. The first kappa shape index (κ1) is 23.4. The third-order valence-electron chi connectivity index (χ3n) is 5.50. The number of para-hydroxylation sites is 2. The minimum absolute atomic E-state index is 0.216. The van der Waals surface area contributed by atoms with Gasteiger partial charge in [0.05, 0.1) is 17.6 Å². The number of carbonyl (C=O) groups is 1. The molecule has 1 amide bonds. The lowest BCUT2D eigenvalue weighted by atomic mass is 10.2. The quantitative estimate of drug-likeness (QED) is 0.246. The second kappa shape index (κ2) is 10.1. The second-order valence-electron chi connectivity index (χ2n) is 7.84. The molecule has 2 heterocycles. The summed E-state index contributed by atoms with van der Waals surface area (Å²) >= 11 is 1.11. The van der Waals surface area contributed by atoms with Gasteiger partial charge in [-0.05, 0) is 71.4 Å². The van der Waals surface area contributed by atoms with Crippen molar-refractivity contribution in [2.24, 2.45) is 0 Å². The number of hydrogen-bond acceptors (Lipinski definition) is 8. The molecule has 1 N–H and O–H groups in total. The molecule has 182 valence electrons. The van der Waals surface area contributed by atoms with Crippen LogP contribution in [0.5, 0.6) is 11.7 Å². The zero-order valence-corrected chi connectivity index (χ0v) is 20.3. The summed E-state index contributed by atoms with van der Waals surface area (Å²) in [6, 6.07) is 21.8. The van der Waals surface area contributed by atoms with Gasteiger partial charge in [0, 0.05) is 23.4 Å². The number of nitrogens with zero attached hydrogens (tertiary/aromatic N) is 3. The molecule has 36 heavy (non-hydrogen) atoms. The number of carbonyl (C=O) groups excluding carboxylic acids is 1. The number of anilines is 1. The van der Waals surface area contributed by atoms with Gasteiger partial charge in [0.1, 0.15) is 11.3 Å². The number of oxazole rings is 1. The van der Waals surface area contributed by atoms with Crippen molar-refractivity contribution in [3.8, 4) is 28.8 Å². The van der Waals surface area contributed by atoms with Gasteiger partial charge >= 0.3 is 0 Å². The molecule has 5 rings (SSSR count). The molecule has 0 bridgehead atoms. The molecule has 0 saturated carbocycles. The fourth-order valence-corrected chi connectivity index (χ4v) is 4.57. The van der Waals surface area contributed by atoms with E-state index in [-0.39, 0.29) is 10.9 Å². The maximum Gasteiger partial charge on any atom is 0.298 e. The molecule has 0 radical (unpaired) electrons. The van der Waals surface area contributed by atoms with Crippen molar-refractivity contribution in [3.05, 3.63) is 72.8 Å². The summed E-state index contributed by atoms with van der Waals surface area (Å²) in [5, 5.41) is 18.8. The van der Waals surface area contributed by atoms with E-state index < -0.39 is 11.2 Å². The molecule has 0 fully saturated rings. The van der Waals surface area contributed by atoms with Crippen LogP contribution in [0.25, 0.3) is 28.2 Å². The van der Waals surface area contributed by atoms with Crippen molar-refractivity contribution >= 4 is 34.5 Å². The third-order valence-corrected chi connectivity index (χ3v) is 6.89. The maximum atomic E-state index is 13.0. The SMILES string of the molecule is CCC(Sc1c([O-])on[n+]1-c1ccc(OC)cc1)C(=O)Nc1ccc(-c2nc3ccccc3o2)cc1. The Balaban J connectivity index is 1.30. The van der Waals surface area contributed by atoms with Crippen LogP contribution >= 0.6 is 11.8 Å². The van der Waals surface area contributed by atoms with Crippen LogP contribution < -0.4 is 19.8 Å². The first-order chi connectivity index (χ1) is 17.6. The van der Waals surface area contributed by atoms with Gasteiger partial charge in [0.25, 0.3) is 5.03 Å². The predicted octanol–water partition coefficient (Wildman–Crippen LogP) is 4.35. The van der Waals surface area contributed by atoms with Crippen LogP contribution in [0, 0.1) is 0 Å². The fourth-order valence-electron chi connectivity index (χ4n) is 3.60. The van der Waals surface area contributed by atoms with E-state index in [1.165, 1.54) is 4.68 Å². The highest BCUT2D eigenvalue weighted by molar-refractivity contribution is 8.00. The lowest BCUT2D eigenvalue weighted by Crippen LogP contribution is -2.36. The summed E-state index contributed by atoms with van der Waals surface area (Å²) in [7, 11) is 1.57. The Kier molecular flexibility index (Phi) is 6.59. The molecule has 0 spiro atoms. The topological polar surface area (TPSA) is 117 Å². The van der Waals surface area contributed by atoms with Crippen LogP contribution in [-0.4, -0.2) is 28.5 Å². The smallest absolute Gasteiger partial charge is 0.298 e. The largest absolute Gasteiger partial charge is 0.538 e. The molecule has 3 aromatic carbocycles. The second-order valence-corrected chi connectivity index (χ2v) is 9.03. The Morgan fingerprint density at radius 1 is 1.11 bits per heavy atom. The number of methoxy groups -OCH3 is 1. The van der Waals surface area contributed by atoms with Gasteiger partial charge in [-0.3, -0.25) is 4.79 Å². The molecule has 0 aliphatic carbocycles. The summed E-state index contributed by atoms with van der Waals surface area (Å²) < 4.78 is 17.3. The van der Waals surface area contributed by atoms with Crippen molar-refractivity contribution < 1.29 is 28.3 Å². The van der Waals surface area contributed by atoms with E-state index in [0.717, 1.165) is 22.8 Å². The van der Waals surface area contributed by atoms with Crippen LogP contribution in [0.2, 0.25) is 0 Å². The van der Waals surface area contributed by atoms with Crippen molar-refractivity contribution in [3.63, 3.8) is 0 Å². The van der Waals surface area contributed by atoms with Gasteiger partial charge in [0.2, 0.25) is 17.5 Å². The normalized spacial score (nSPS) is 11.9. The first-order valence-electron chi connectivity index (χ1n) is 11.2. The lowest BCUT2D eigenvalue weighted by Gasteiger charge is -2.13. The molecule has 0 saturated heterocycles. The Morgan fingerprint density at radius 2 is 1.86 bits per heavy atom. The average molecular weight is 503 g/mol. The number of hydrogen-bond donors (Lipinski definition) is 1. The molecule has 1 atom stereocenters. The number of nitrogens with one attached hydrogen (secondary N) is 1. The molecule has 0 aliphatic rings. The number of benzene rings is 3. The van der Waals surface area contributed by atoms with Crippen molar-refractivity contribution in [2.75, 3.05) is 12.4 Å². The van der Waals surface area contributed by atoms with Crippen LogP contribution in [0.3, 0.4) is 0 Å². The highest BCUT2D eigenvalue weighted by atomic mass is 32.2. The highest BCUT2D eigenvalue weighted by Gasteiger charge is 2.28. The monoisotopic (exact) mass is 502 g/mol. The molecular weight excluding hydrogens is 480 g/mol. The zero-order chi connectivity index (χ0) is 25.1. The van der Waals surface area contributed by atoms with Gasteiger partial charge in [0.15, 0.2) is 11.5 Å². The molecule has 9 nitrogen and oxygen atoms in total. The Labute approximate surface area is 210 Å². The Morgan fingerprint density at radius 3 is 2.56 bits per heavy atom. The summed E-state index contributed by atoms with van der Waals surface area (Å²) in [6.07, 6.45) is 0.491. The number of aromatic nitrogens is 3. The standard InChI is InChI=1S/C26H22N4O5S/c1-3-22(36-25-26(32)35-29-30(25)18-12-14-19(33-2)15-13-18)23(31)27-17-10-8-16(9-11-17)24-28-20-6-4-5-7-21(20)34-24/h4-15,22H,3H2,1-2H3,(H-,27,28,29,31,32). The van der Waals surface area contributed by atoms with E-state index in [4.69, 9.17) is 13.7 Å². The summed E-state index contributed by atoms with van der Waals surface area (Å²) in [5.41, 5.74) is 3.53.